The van der Waals surface area contributed by atoms with Gasteiger partial charge in [0.1, 0.15) is 24.7 Å². The highest BCUT2D eigenvalue weighted by molar-refractivity contribution is 5.93. The number of hydrogen-bond donors (Lipinski definition) is 4. The number of methoxy groups -OCH3 is 1. The fourth-order valence-electron chi connectivity index (χ4n) is 2.54. The third kappa shape index (κ3) is 10.0. The number of ether oxygens (including phenoxy) is 2. The summed E-state index contributed by atoms with van der Waals surface area (Å²) in [6, 6.07) is -2.76. The van der Waals surface area contributed by atoms with Gasteiger partial charge in [-0.2, -0.15) is 0 Å². The first-order chi connectivity index (χ1) is 13.7. The van der Waals surface area contributed by atoms with Gasteiger partial charge < -0.3 is 31.2 Å². The van der Waals surface area contributed by atoms with Gasteiger partial charge >= 0.3 is 5.97 Å². The molecule has 0 aromatic carbocycles. The molecule has 0 spiro atoms. The molecular formula is C20H38N4O6. The Morgan fingerprint density at radius 1 is 0.967 bits per heavy atom. The maximum atomic E-state index is 12.6. The zero-order valence-corrected chi connectivity index (χ0v) is 19.3. The van der Waals surface area contributed by atoms with Gasteiger partial charge in [-0.3, -0.25) is 19.2 Å². The van der Waals surface area contributed by atoms with Crippen molar-refractivity contribution in [2.45, 2.75) is 84.7 Å². The van der Waals surface area contributed by atoms with Gasteiger partial charge in [0, 0.05) is 0 Å². The molecule has 0 bridgehead atoms. The van der Waals surface area contributed by atoms with Crippen molar-refractivity contribution in [3.8, 4) is 0 Å². The first-order valence-corrected chi connectivity index (χ1v) is 10.1. The van der Waals surface area contributed by atoms with Crippen LogP contribution in [0.15, 0.2) is 0 Å². The predicted molar refractivity (Wildman–Crippen MR) is 112 cm³/mol. The summed E-state index contributed by atoms with van der Waals surface area (Å²) in [5.74, 6) is -2.38. The molecule has 3 amide bonds. The number of hydrogen-bond acceptors (Lipinski definition) is 7. The van der Waals surface area contributed by atoms with Gasteiger partial charge in [-0.15, -0.1) is 0 Å². The molecule has 10 heteroatoms. The Bertz CT molecular complexity index is 605. The second-order valence-electron chi connectivity index (χ2n) is 8.36. The highest BCUT2D eigenvalue weighted by Gasteiger charge is 2.31. The Kier molecular flexibility index (Phi) is 11.6. The third-order valence-corrected chi connectivity index (χ3v) is 4.53. The quantitative estimate of drug-likeness (QED) is 0.333. The molecule has 0 aliphatic rings. The first kappa shape index (κ1) is 27.8. The Labute approximate surface area is 179 Å². The van der Waals surface area contributed by atoms with Gasteiger partial charge in [-0.25, -0.2) is 0 Å². The molecule has 0 rings (SSSR count). The minimum absolute atomic E-state index is 0.197. The summed E-state index contributed by atoms with van der Waals surface area (Å²) in [5.41, 5.74) is 5.47. The van der Waals surface area contributed by atoms with Crippen LogP contribution in [0.2, 0.25) is 0 Å². The van der Waals surface area contributed by atoms with Crippen LogP contribution in [-0.2, 0) is 28.7 Å². The Balaban J connectivity index is 4.96. The molecule has 5 N–H and O–H groups in total. The molecule has 0 unspecified atom stereocenters. The molecule has 174 valence electrons. The van der Waals surface area contributed by atoms with Gasteiger partial charge in [-0.05, 0) is 40.5 Å². The van der Waals surface area contributed by atoms with Crippen molar-refractivity contribution >= 4 is 23.7 Å². The highest BCUT2D eigenvalue weighted by atomic mass is 16.5. The lowest BCUT2D eigenvalue weighted by Crippen LogP contribution is -2.58. The van der Waals surface area contributed by atoms with Crippen LogP contribution in [-0.4, -0.2) is 67.2 Å². The first-order valence-electron chi connectivity index (χ1n) is 10.1. The van der Waals surface area contributed by atoms with Gasteiger partial charge in [-0.1, -0.05) is 20.3 Å². The topological polar surface area (TPSA) is 149 Å². The molecule has 0 fully saturated rings. The lowest BCUT2D eigenvalue weighted by atomic mass is 9.98. The molecule has 0 aromatic rings. The fourth-order valence-corrected chi connectivity index (χ4v) is 2.54. The fraction of sp³-hybridized carbons (Fsp3) is 0.800. The number of nitrogens with one attached hydrogen (secondary N) is 3. The van der Waals surface area contributed by atoms with E-state index in [1.165, 1.54) is 14.0 Å². The predicted octanol–water partition coefficient (Wildman–Crippen LogP) is -0.158. The molecule has 0 saturated carbocycles. The number of carbonyl (C=O) groups excluding carboxylic acids is 4. The lowest BCUT2D eigenvalue weighted by Gasteiger charge is -2.29. The molecule has 30 heavy (non-hydrogen) atoms. The summed E-state index contributed by atoms with van der Waals surface area (Å²) in [6.45, 7) is 12.1. The van der Waals surface area contributed by atoms with Crippen molar-refractivity contribution in [2.75, 3.05) is 13.7 Å². The SMILES string of the molecule is CC[C@H](C)[C@H](NC(=O)[C@H](C)NC(=O)[C@@H](N)[C@@H](C)OC(C)(C)C)C(=O)NCC(=O)OC. The van der Waals surface area contributed by atoms with Crippen molar-refractivity contribution in [1.82, 2.24) is 16.0 Å². The van der Waals surface area contributed by atoms with E-state index in [4.69, 9.17) is 10.5 Å². The van der Waals surface area contributed by atoms with Crippen LogP contribution in [0.3, 0.4) is 0 Å². The summed E-state index contributed by atoms with van der Waals surface area (Å²) in [4.78, 5) is 48.6. The molecule has 0 heterocycles. The van der Waals surface area contributed by atoms with Crippen LogP contribution in [0.1, 0.15) is 54.9 Å². The largest absolute Gasteiger partial charge is 0.468 e. The zero-order chi connectivity index (χ0) is 23.6. The smallest absolute Gasteiger partial charge is 0.325 e. The summed E-state index contributed by atoms with van der Waals surface area (Å²) in [7, 11) is 1.21. The van der Waals surface area contributed by atoms with Crippen LogP contribution in [0.5, 0.6) is 0 Å². The molecule has 0 aliphatic carbocycles. The molecule has 0 aliphatic heterocycles. The number of amides is 3. The number of esters is 1. The van der Waals surface area contributed by atoms with E-state index in [9.17, 15) is 19.2 Å². The second kappa shape index (κ2) is 12.5. The van der Waals surface area contributed by atoms with E-state index < -0.39 is 53.5 Å². The van der Waals surface area contributed by atoms with Crippen LogP contribution >= 0.6 is 0 Å². The molecular weight excluding hydrogens is 392 g/mol. The van der Waals surface area contributed by atoms with Gasteiger partial charge in [0.05, 0.1) is 18.8 Å². The van der Waals surface area contributed by atoms with Crippen LogP contribution < -0.4 is 21.7 Å². The van der Waals surface area contributed by atoms with E-state index in [0.29, 0.717) is 6.42 Å². The molecule has 5 atom stereocenters. The van der Waals surface area contributed by atoms with E-state index in [-0.39, 0.29) is 12.5 Å². The van der Waals surface area contributed by atoms with Crippen LogP contribution in [0.4, 0.5) is 0 Å². The van der Waals surface area contributed by atoms with Crippen molar-refractivity contribution in [3.05, 3.63) is 0 Å². The minimum Gasteiger partial charge on any atom is -0.468 e. The standard InChI is InChI=1S/C20H38N4O6/c1-9-11(2)16(19(28)22-10-14(25)29-8)24-17(26)12(3)23-18(27)15(21)13(4)30-20(5,6)7/h11-13,15-16H,9-10,21H2,1-8H3,(H,22,28)(H,23,27)(H,24,26)/t11-,12-,13+,15-,16-/m0/s1. The summed E-state index contributed by atoms with van der Waals surface area (Å²) < 4.78 is 10.2. The van der Waals surface area contributed by atoms with Gasteiger partial charge in [0.15, 0.2) is 0 Å². The van der Waals surface area contributed by atoms with E-state index in [2.05, 4.69) is 20.7 Å². The second-order valence-corrected chi connectivity index (χ2v) is 8.36. The van der Waals surface area contributed by atoms with Gasteiger partial charge in [0.2, 0.25) is 17.7 Å². The van der Waals surface area contributed by atoms with E-state index in [1.807, 2.05) is 27.7 Å². The van der Waals surface area contributed by atoms with Crippen molar-refractivity contribution < 1.29 is 28.7 Å². The Morgan fingerprint density at radius 3 is 2.00 bits per heavy atom. The number of carbonyl (C=O) groups is 4. The summed E-state index contributed by atoms with van der Waals surface area (Å²) in [6.07, 6.45) is 0.0568. The Morgan fingerprint density at radius 2 is 1.53 bits per heavy atom. The van der Waals surface area contributed by atoms with Crippen molar-refractivity contribution in [2.24, 2.45) is 11.7 Å². The average molecular weight is 431 g/mol. The van der Waals surface area contributed by atoms with Crippen LogP contribution in [0.25, 0.3) is 0 Å². The number of nitrogens with two attached hydrogens (primary N) is 1. The molecule has 0 aromatic heterocycles. The van der Waals surface area contributed by atoms with E-state index in [0.717, 1.165) is 0 Å². The normalized spacial score (nSPS) is 16.4. The van der Waals surface area contributed by atoms with Gasteiger partial charge in [0.25, 0.3) is 0 Å². The third-order valence-electron chi connectivity index (χ3n) is 4.53. The van der Waals surface area contributed by atoms with E-state index in [1.54, 1.807) is 13.8 Å². The zero-order valence-electron chi connectivity index (χ0n) is 19.3. The average Bonchev–Trinajstić information content (AvgIpc) is 2.66. The molecule has 0 saturated heterocycles. The lowest BCUT2D eigenvalue weighted by molar-refractivity contribution is -0.141. The molecule has 10 nitrogen and oxygen atoms in total. The summed E-state index contributed by atoms with van der Waals surface area (Å²) >= 11 is 0. The highest BCUT2D eigenvalue weighted by Crippen LogP contribution is 2.12. The maximum Gasteiger partial charge on any atom is 0.325 e. The minimum atomic E-state index is -0.965. The molecule has 0 radical (unpaired) electrons. The van der Waals surface area contributed by atoms with E-state index >= 15 is 0 Å². The monoisotopic (exact) mass is 430 g/mol. The van der Waals surface area contributed by atoms with Crippen molar-refractivity contribution in [3.63, 3.8) is 0 Å². The maximum absolute atomic E-state index is 12.6. The number of rotatable bonds is 11. The summed E-state index contributed by atoms with van der Waals surface area (Å²) in [5, 5.41) is 7.61. The van der Waals surface area contributed by atoms with Crippen LogP contribution in [0, 0.1) is 5.92 Å². The van der Waals surface area contributed by atoms with Crippen molar-refractivity contribution in [1.29, 1.82) is 0 Å². The Hall–Kier alpha value is -2.20.